The van der Waals surface area contributed by atoms with E-state index in [2.05, 4.69) is 22.2 Å². The van der Waals surface area contributed by atoms with Gasteiger partial charge in [0.1, 0.15) is 12.1 Å². The number of hydrogen-bond donors (Lipinski definition) is 1. The summed E-state index contributed by atoms with van der Waals surface area (Å²) in [7, 11) is 0. The summed E-state index contributed by atoms with van der Waals surface area (Å²) in [5, 5.41) is 2.92. The molecule has 5 heteroatoms. The van der Waals surface area contributed by atoms with Crippen molar-refractivity contribution < 1.29 is 4.79 Å². The highest BCUT2D eigenvalue weighted by Crippen LogP contribution is 2.16. The third kappa shape index (κ3) is 3.56. The molecule has 118 valence electrons. The Balaban J connectivity index is 1.69. The first-order valence-electron chi connectivity index (χ1n) is 7.92. The number of amides is 1. The van der Waals surface area contributed by atoms with Gasteiger partial charge in [-0.25, -0.2) is 9.97 Å². The smallest absolute Gasteiger partial charge is 0.220 e. The first-order valence-corrected chi connectivity index (χ1v) is 7.92. The molecular weight excluding hydrogens is 288 g/mol. The zero-order chi connectivity index (χ0) is 16.1. The van der Waals surface area contributed by atoms with Gasteiger partial charge < -0.3 is 5.32 Å². The minimum Gasteiger partial charge on any atom is -0.352 e. The van der Waals surface area contributed by atoms with Crippen molar-refractivity contribution in [2.24, 2.45) is 0 Å². The Labute approximate surface area is 135 Å². The molecule has 0 aliphatic heterocycles. The normalized spacial score (nSPS) is 10.8. The van der Waals surface area contributed by atoms with Crippen LogP contribution in [-0.2, 0) is 11.3 Å². The number of nitrogens with zero attached hydrogens (tertiary/aromatic N) is 3. The fourth-order valence-corrected chi connectivity index (χ4v) is 2.43. The molecule has 0 spiro atoms. The number of benzene rings is 1. The van der Waals surface area contributed by atoms with Crippen molar-refractivity contribution in [2.45, 2.75) is 32.7 Å². The second-order valence-corrected chi connectivity index (χ2v) is 5.51. The van der Waals surface area contributed by atoms with Crippen molar-refractivity contribution in [1.29, 1.82) is 0 Å². The maximum Gasteiger partial charge on any atom is 0.220 e. The van der Waals surface area contributed by atoms with Crippen LogP contribution < -0.4 is 5.32 Å². The van der Waals surface area contributed by atoms with Crippen LogP contribution in [0.5, 0.6) is 0 Å². The van der Waals surface area contributed by atoms with Gasteiger partial charge in [-0.2, -0.15) is 0 Å². The molecule has 0 saturated heterocycles. The van der Waals surface area contributed by atoms with Crippen LogP contribution in [-0.4, -0.2) is 20.4 Å². The molecule has 5 nitrogen and oxygen atoms in total. The van der Waals surface area contributed by atoms with Crippen LogP contribution in [0.15, 0.2) is 48.9 Å². The molecule has 0 unspecified atom stereocenters. The van der Waals surface area contributed by atoms with Crippen molar-refractivity contribution in [1.82, 2.24) is 19.9 Å². The molecule has 2 heterocycles. The van der Waals surface area contributed by atoms with E-state index >= 15 is 0 Å². The lowest BCUT2D eigenvalue weighted by Gasteiger charge is -2.07. The zero-order valence-electron chi connectivity index (χ0n) is 13.2. The minimum atomic E-state index is 0.0940. The molecule has 1 N–H and O–H groups in total. The number of unbranched alkanes of at least 4 members (excludes halogenated alkanes) is 1. The average Bonchev–Trinajstić information content (AvgIpc) is 3.02. The fourth-order valence-electron chi connectivity index (χ4n) is 2.43. The lowest BCUT2D eigenvalue weighted by molar-refractivity contribution is -0.121. The number of rotatable bonds is 6. The highest BCUT2D eigenvalue weighted by atomic mass is 16.1. The largest absolute Gasteiger partial charge is 0.352 e. The van der Waals surface area contributed by atoms with Crippen molar-refractivity contribution in [3.05, 3.63) is 54.5 Å². The van der Waals surface area contributed by atoms with E-state index in [0.29, 0.717) is 13.0 Å². The molecule has 0 aliphatic carbocycles. The van der Waals surface area contributed by atoms with E-state index in [-0.39, 0.29) is 5.91 Å². The zero-order valence-corrected chi connectivity index (χ0v) is 13.2. The number of hydrogen-bond acceptors (Lipinski definition) is 3. The Kier molecular flexibility index (Phi) is 4.66. The molecule has 0 atom stereocenters. The van der Waals surface area contributed by atoms with Gasteiger partial charge in [0.05, 0.1) is 11.0 Å². The molecule has 2 aromatic heterocycles. The van der Waals surface area contributed by atoms with Gasteiger partial charge in [-0.3, -0.25) is 9.36 Å². The standard InChI is InChI=1S/C18H20N4O/c1-2-3-8-18(23)20-12-14-9-10-17(19-11-14)22-13-21-15-6-4-5-7-16(15)22/h4-7,9-11,13H,2-3,8,12H2,1H3,(H,20,23). The van der Waals surface area contributed by atoms with Crippen LogP contribution >= 0.6 is 0 Å². The topological polar surface area (TPSA) is 59.8 Å². The van der Waals surface area contributed by atoms with Crippen molar-refractivity contribution in [2.75, 3.05) is 0 Å². The van der Waals surface area contributed by atoms with Gasteiger partial charge in [0.25, 0.3) is 0 Å². The van der Waals surface area contributed by atoms with Gasteiger partial charge >= 0.3 is 0 Å². The molecule has 23 heavy (non-hydrogen) atoms. The molecule has 1 aromatic carbocycles. The number of imidazole rings is 1. The maximum atomic E-state index is 11.6. The van der Waals surface area contributed by atoms with Crippen molar-refractivity contribution in [3.63, 3.8) is 0 Å². The second kappa shape index (κ2) is 7.05. The van der Waals surface area contributed by atoms with Crippen LogP contribution in [0.3, 0.4) is 0 Å². The Morgan fingerprint density at radius 1 is 1.17 bits per heavy atom. The first-order chi connectivity index (χ1) is 11.3. The number of carbonyl (C=O) groups is 1. The van der Waals surface area contributed by atoms with Crippen LogP contribution in [0.25, 0.3) is 16.9 Å². The SMILES string of the molecule is CCCCC(=O)NCc1ccc(-n2cnc3ccccc32)nc1. The maximum absolute atomic E-state index is 11.6. The summed E-state index contributed by atoms with van der Waals surface area (Å²) in [6.07, 6.45) is 6.12. The van der Waals surface area contributed by atoms with Gasteiger partial charge in [0, 0.05) is 19.2 Å². The minimum absolute atomic E-state index is 0.0940. The molecule has 1 amide bonds. The molecule has 0 aliphatic rings. The number of aromatic nitrogens is 3. The third-order valence-corrected chi connectivity index (χ3v) is 3.76. The quantitative estimate of drug-likeness (QED) is 0.760. The lowest BCUT2D eigenvalue weighted by atomic mass is 10.2. The predicted octanol–water partition coefficient (Wildman–Crippen LogP) is 3.23. The summed E-state index contributed by atoms with van der Waals surface area (Å²) in [6.45, 7) is 2.59. The molecule has 0 radical (unpaired) electrons. The number of nitrogens with one attached hydrogen (secondary N) is 1. The summed E-state index contributed by atoms with van der Waals surface area (Å²) >= 11 is 0. The average molecular weight is 308 g/mol. The van der Waals surface area contributed by atoms with E-state index in [1.807, 2.05) is 41.0 Å². The summed E-state index contributed by atoms with van der Waals surface area (Å²) in [6, 6.07) is 11.9. The highest BCUT2D eigenvalue weighted by molar-refractivity contribution is 5.77. The fraction of sp³-hybridized carbons (Fsp3) is 0.278. The number of para-hydroxylation sites is 2. The van der Waals surface area contributed by atoms with Gasteiger partial charge in [0.15, 0.2) is 0 Å². The number of pyridine rings is 1. The lowest BCUT2D eigenvalue weighted by Crippen LogP contribution is -2.22. The van der Waals surface area contributed by atoms with Gasteiger partial charge in [-0.05, 0) is 30.2 Å². The molecule has 0 fully saturated rings. The van der Waals surface area contributed by atoms with E-state index in [9.17, 15) is 4.79 Å². The third-order valence-electron chi connectivity index (χ3n) is 3.76. The van der Waals surface area contributed by atoms with E-state index in [4.69, 9.17) is 0 Å². The highest BCUT2D eigenvalue weighted by Gasteiger charge is 2.05. The van der Waals surface area contributed by atoms with Crippen LogP contribution in [0.2, 0.25) is 0 Å². The summed E-state index contributed by atoms with van der Waals surface area (Å²) in [5.41, 5.74) is 2.96. The predicted molar refractivity (Wildman–Crippen MR) is 90.2 cm³/mol. The molecule has 3 rings (SSSR count). The van der Waals surface area contributed by atoms with Gasteiger partial charge in [-0.15, -0.1) is 0 Å². The summed E-state index contributed by atoms with van der Waals surface area (Å²) in [5.74, 6) is 0.913. The van der Waals surface area contributed by atoms with Crippen molar-refractivity contribution in [3.8, 4) is 5.82 Å². The van der Waals surface area contributed by atoms with E-state index < -0.39 is 0 Å². The van der Waals surface area contributed by atoms with Gasteiger partial charge in [0.2, 0.25) is 5.91 Å². The molecular formula is C18H20N4O. The van der Waals surface area contributed by atoms with Crippen LogP contribution in [0, 0.1) is 0 Å². The Morgan fingerprint density at radius 2 is 2.04 bits per heavy atom. The molecule has 0 bridgehead atoms. The van der Waals surface area contributed by atoms with Crippen molar-refractivity contribution >= 4 is 16.9 Å². The van der Waals surface area contributed by atoms with E-state index in [0.717, 1.165) is 35.3 Å². The monoisotopic (exact) mass is 308 g/mol. The molecule has 3 aromatic rings. The van der Waals surface area contributed by atoms with E-state index in [1.165, 1.54) is 0 Å². The van der Waals surface area contributed by atoms with E-state index in [1.54, 1.807) is 12.5 Å². The Morgan fingerprint density at radius 3 is 2.83 bits per heavy atom. The summed E-state index contributed by atoms with van der Waals surface area (Å²) < 4.78 is 1.96. The van der Waals surface area contributed by atoms with Crippen LogP contribution in [0.4, 0.5) is 0 Å². The molecule has 0 saturated carbocycles. The van der Waals surface area contributed by atoms with Gasteiger partial charge in [-0.1, -0.05) is 31.5 Å². The van der Waals surface area contributed by atoms with Crippen LogP contribution in [0.1, 0.15) is 31.7 Å². The number of carbonyl (C=O) groups excluding carboxylic acids is 1. The Bertz CT molecular complexity index is 792. The second-order valence-electron chi connectivity index (χ2n) is 5.51. The number of fused-ring (bicyclic) bond motifs is 1. The summed E-state index contributed by atoms with van der Waals surface area (Å²) in [4.78, 5) is 20.5. The first kappa shape index (κ1) is 15.2. The Hall–Kier alpha value is -2.69.